The summed E-state index contributed by atoms with van der Waals surface area (Å²) >= 11 is 0. The van der Waals surface area contributed by atoms with Crippen LogP contribution in [0.2, 0.25) is 0 Å². The summed E-state index contributed by atoms with van der Waals surface area (Å²) < 4.78 is 16.7. The molecule has 0 amide bonds. The summed E-state index contributed by atoms with van der Waals surface area (Å²) in [5, 5.41) is 0. The summed E-state index contributed by atoms with van der Waals surface area (Å²) in [6.45, 7) is 6.44. The molecule has 354 valence electrons. The zero-order valence-electron chi connectivity index (χ0n) is 40.4. The molecule has 1 unspecified atom stereocenters. The summed E-state index contributed by atoms with van der Waals surface area (Å²) in [6.07, 6.45) is 60.0. The topological polar surface area (TPSA) is 78.9 Å². The molecule has 0 aliphatic rings. The highest BCUT2D eigenvalue weighted by Gasteiger charge is 2.19. The Hall–Kier alpha value is -2.63. The molecular weight excluding hydrogens is 757 g/mol. The summed E-state index contributed by atoms with van der Waals surface area (Å²) in [5.41, 5.74) is 0. The van der Waals surface area contributed by atoms with Crippen molar-refractivity contribution in [2.75, 3.05) is 13.2 Å². The van der Waals surface area contributed by atoms with Gasteiger partial charge in [0.1, 0.15) is 13.2 Å². The summed E-state index contributed by atoms with van der Waals surface area (Å²) in [6, 6.07) is 0. The van der Waals surface area contributed by atoms with Crippen molar-refractivity contribution in [3.63, 3.8) is 0 Å². The second-order valence-electron chi connectivity index (χ2n) is 17.4. The van der Waals surface area contributed by atoms with Crippen LogP contribution in [0.3, 0.4) is 0 Å². The van der Waals surface area contributed by atoms with Gasteiger partial charge in [-0.05, 0) is 77.0 Å². The molecule has 6 heteroatoms. The predicted molar refractivity (Wildman–Crippen MR) is 261 cm³/mol. The normalized spacial score (nSPS) is 12.4. The molecule has 0 aromatic heterocycles. The Morgan fingerprint density at radius 3 is 1.02 bits per heavy atom. The summed E-state index contributed by atoms with van der Waals surface area (Å²) in [4.78, 5) is 37.6. The minimum Gasteiger partial charge on any atom is -0.462 e. The highest BCUT2D eigenvalue weighted by molar-refractivity contribution is 5.71. The van der Waals surface area contributed by atoms with Gasteiger partial charge < -0.3 is 14.2 Å². The number of ether oxygens (including phenoxy) is 3. The van der Waals surface area contributed by atoms with Crippen LogP contribution in [0, 0.1) is 0 Å². The Morgan fingerprint density at radius 2 is 0.639 bits per heavy atom. The maximum atomic E-state index is 12.7. The quantitative estimate of drug-likeness (QED) is 0.0263. The van der Waals surface area contributed by atoms with E-state index >= 15 is 0 Å². The molecule has 0 rings (SSSR count). The minimum atomic E-state index is -0.777. The van der Waals surface area contributed by atoms with E-state index in [1.807, 2.05) is 0 Å². The van der Waals surface area contributed by atoms with Crippen molar-refractivity contribution >= 4 is 17.9 Å². The number of hydrogen-bond donors (Lipinski definition) is 0. The van der Waals surface area contributed by atoms with E-state index in [0.717, 1.165) is 103 Å². The van der Waals surface area contributed by atoms with Gasteiger partial charge in [0.25, 0.3) is 0 Å². The molecule has 0 heterocycles. The van der Waals surface area contributed by atoms with Gasteiger partial charge in [-0.25, -0.2) is 0 Å². The first-order chi connectivity index (χ1) is 30.0. The van der Waals surface area contributed by atoms with Crippen LogP contribution in [-0.2, 0) is 28.6 Å². The average Bonchev–Trinajstić information content (AvgIpc) is 3.26. The van der Waals surface area contributed by atoms with E-state index in [9.17, 15) is 14.4 Å². The molecule has 0 spiro atoms. The second kappa shape index (κ2) is 50.0. The van der Waals surface area contributed by atoms with Gasteiger partial charge in [0.05, 0.1) is 0 Å². The monoisotopic (exact) mass is 855 g/mol. The van der Waals surface area contributed by atoms with E-state index in [1.165, 1.54) is 122 Å². The maximum absolute atomic E-state index is 12.7. The van der Waals surface area contributed by atoms with Gasteiger partial charge in [-0.15, -0.1) is 0 Å². The van der Waals surface area contributed by atoms with Gasteiger partial charge in [0, 0.05) is 19.3 Å². The Bertz CT molecular complexity index is 1070. The molecule has 0 radical (unpaired) electrons. The lowest BCUT2D eigenvalue weighted by molar-refractivity contribution is -0.167. The molecule has 0 fully saturated rings. The fourth-order valence-corrected chi connectivity index (χ4v) is 7.39. The molecule has 0 aromatic carbocycles. The smallest absolute Gasteiger partial charge is 0.306 e. The summed E-state index contributed by atoms with van der Waals surface area (Å²) in [5.74, 6) is -0.906. The minimum absolute atomic E-state index is 0.0797. The Balaban J connectivity index is 4.10. The van der Waals surface area contributed by atoms with Crippen LogP contribution in [0.15, 0.2) is 48.6 Å². The van der Waals surface area contributed by atoms with Gasteiger partial charge in [0.2, 0.25) is 0 Å². The zero-order valence-corrected chi connectivity index (χ0v) is 40.4. The molecule has 0 saturated carbocycles. The number of esters is 3. The Labute approximate surface area is 378 Å². The van der Waals surface area contributed by atoms with Gasteiger partial charge in [-0.1, -0.05) is 217 Å². The SMILES string of the molecule is CC/C=C\C/C=C\C/C=C\CCCCCCCC(=O)OC(COC(=O)CCCCCCC)COC(=O)CCCCCCCCCCCCC/C=C\CCCCCCCCCC. The predicted octanol–water partition coefficient (Wildman–Crippen LogP) is 17.1. The highest BCUT2D eigenvalue weighted by Crippen LogP contribution is 2.15. The molecule has 0 saturated heterocycles. The maximum Gasteiger partial charge on any atom is 0.306 e. The van der Waals surface area contributed by atoms with Crippen molar-refractivity contribution in [1.29, 1.82) is 0 Å². The van der Waals surface area contributed by atoms with Crippen molar-refractivity contribution in [3.8, 4) is 0 Å². The van der Waals surface area contributed by atoms with Crippen molar-refractivity contribution in [1.82, 2.24) is 0 Å². The lowest BCUT2D eigenvalue weighted by atomic mass is 10.0. The van der Waals surface area contributed by atoms with Crippen LogP contribution in [0.25, 0.3) is 0 Å². The molecule has 61 heavy (non-hydrogen) atoms. The molecular formula is C55H98O6. The van der Waals surface area contributed by atoms with E-state index in [4.69, 9.17) is 14.2 Å². The first-order valence-electron chi connectivity index (χ1n) is 26.1. The molecule has 1 atom stereocenters. The van der Waals surface area contributed by atoms with E-state index in [-0.39, 0.29) is 31.1 Å². The average molecular weight is 855 g/mol. The van der Waals surface area contributed by atoms with E-state index < -0.39 is 6.10 Å². The van der Waals surface area contributed by atoms with Crippen molar-refractivity contribution in [2.24, 2.45) is 0 Å². The van der Waals surface area contributed by atoms with Crippen molar-refractivity contribution < 1.29 is 28.6 Å². The Kier molecular flexibility index (Phi) is 47.9. The zero-order chi connectivity index (χ0) is 44.4. The number of carbonyl (C=O) groups excluding carboxylic acids is 3. The van der Waals surface area contributed by atoms with E-state index in [0.29, 0.717) is 19.3 Å². The molecule has 0 aromatic rings. The third-order valence-electron chi connectivity index (χ3n) is 11.3. The van der Waals surface area contributed by atoms with E-state index in [2.05, 4.69) is 69.4 Å². The number of carbonyl (C=O) groups is 3. The first kappa shape index (κ1) is 58.4. The third kappa shape index (κ3) is 48.3. The van der Waals surface area contributed by atoms with Crippen LogP contribution in [0.1, 0.15) is 265 Å². The van der Waals surface area contributed by atoms with Crippen LogP contribution < -0.4 is 0 Å². The first-order valence-corrected chi connectivity index (χ1v) is 26.1. The summed E-state index contributed by atoms with van der Waals surface area (Å²) in [7, 11) is 0. The van der Waals surface area contributed by atoms with Gasteiger partial charge in [0.15, 0.2) is 6.10 Å². The number of rotatable bonds is 47. The van der Waals surface area contributed by atoms with E-state index in [1.54, 1.807) is 0 Å². The molecule has 6 nitrogen and oxygen atoms in total. The standard InChI is InChI=1S/C55H98O6/c1-4-7-10-13-15-17-19-21-23-24-25-26-27-28-29-30-32-33-35-37-39-42-45-48-54(57)60-51-52(50-59-53(56)47-44-41-12-9-6-3)61-55(58)49-46-43-40-38-36-34-31-22-20-18-16-14-11-8-5-2/h8,11,16,18,22,24-25,31,52H,4-7,9-10,12-15,17,19-21,23,26-30,32-51H2,1-3H3/b11-8-,18-16-,25-24-,31-22-. The number of unbranched alkanes of at least 4 members (excludes halogenated alkanes) is 28. The molecule has 0 aliphatic heterocycles. The molecule has 0 aliphatic carbocycles. The van der Waals surface area contributed by atoms with Gasteiger partial charge >= 0.3 is 17.9 Å². The fraction of sp³-hybridized carbons (Fsp3) is 0.800. The van der Waals surface area contributed by atoms with Crippen LogP contribution in [0.4, 0.5) is 0 Å². The molecule has 0 bridgehead atoms. The second-order valence-corrected chi connectivity index (χ2v) is 17.4. The lowest BCUT2D eigenvalue weighted by Crippen LogP contribution is -2.30. The largest absolute Gasteiger partial charge is 0.462 e. The van der Waals surface area contributed by atoms with Crippen molar-refractivity contribution in [3.05, 3.63) is 48.6 Å². The van der Waals surface area contributed by atoms with Crippen molar-refractivity contribution in [2.45, 2.75) is 271 Å². The van der Waals surface area contributed by atoms with Crippen LogP contribution >= 0.6 is 0 Å². The number of hydrogen-bond acceptors (Lipinski definition) is 6. The third-order valence-corrected chi connectivity index (χ3v) is 11.3. The van der Waals surface area contributed by atoms with Gasteiger partial charge in [-0.2, -0.15) is 0 Å². The van der Waals surface area contributed by atoms with Crippen LogP contribution in [-0.4, -0.2) is 37.2 Å². The van der Waals surface area contributed by atoms with Gasteiger partial charge in [-0.3, -0.25) is 14.4 Å². The number of allylic oxidation sites excluding steroid dienone is 8. The molecule has 0 N–H and O–H groups in total. The van der Waals surface area contributed by atoms with Crippen LogP contribution in [0.5, 0.6) is 0 Å². The Morgan fingerprint density at radius 1 is 0.344 bits per heavy atom. The fourth-order valence-electron chi connectivity index (χ4n) is 7.39. The lowest BCUT2D eigenvalue weighted by Gasteiger charge is -2.18. The highest BCUT2D eigenvalue weighted by atomic mass is 16.6.